The monoisotopic (exact) mass is 421 g/mol. The quantitative estimate of drug-likeness (QED) is 0.390. The van der Waals surface area contributed by atoms with Crippen LogP contribution in [-0.4, -0.2) is 41.1 Å². The number of benzene rings is 1. The summed E-state index contributed by atoms with van der Waals surface area (Å²) in [7, 11) is 0. The highest BCUT2D eigenvalue weighted by molar-refractivity contribution is 6.01. The number of Topliss-reactive ketones (excluding diaryl/α,β-unsaturated/α-hetero) is 1. The van der Waals surface area contributed by atoms with Crippen molar-refractivity contribution in [2.75, 3.05) is 0 Å². The van der Waals surface area contributed by atoms with Crippen molar-refractivity contribution in [3.05, 3.63) is 35.9 Å². The summed E-state index contributed by atoms with van der Waals surface area (Å²) in [6.45, 7) is 10.0. The molecule has 8 nitrogen and oxygen atoms in total. The zero-order chi connectivity index (χ0) is 22.9. The summed E-state index contributed by atoms with van der Waals surface area (Å²) in [5.74, 6) is -2.12. The van der Waals surface area contributed by atoms with Crippen LogP contribution in [0.15, 0.2) is 30.3 Å². The minimum absolute atomic E-state index is 0.0269. The molecule has 1 atom stereocenters. The van der Waals surface area contributed by atoms with Gasteiger partial charge in [-0.25, -0.2) is 4.79 Å². The molecule has 0 saturated carbocycles. The lowest BCUT2D eigenvalue weighted by Gasteiger charge is -2.23. The highest BCUT2D eigenvalue weighted by Gasteiger charge is 2.30. The fourth-order valence-corrected chi connectivity index (χ4v) is 2.30. The van der Waals surface area contributed by atoms with Crippen molar-refractivity contribution in [3.8, 4) is 0 Å². The molecular formula is C22H31NO7. The normalized spacial score (nSPS) is 12.5. The Balaban J connectivity index is 2.77. The van der Waals surface area contributed by atoms with E-state index in [1.165, 1.54) is 0 Å². The molecular weight excluding hydrogens is 390 g/mol. The van der Waals surface area contributed by atoms with Crippen LogP contribution in [0.2, 0.25) is 0 Å². The van der Waals surface area contributed by atoms with Crippen LogP contribution in [0.5, 0.6) is 0 Å². The molecule has 0 unspecified atom stereocenters. The summed E-state index contributed by atoms with van der Waals surface area (Å²) in [6.07, 6.45) is -1.90. The summed E-state index contributed by atoms with van der Waals surface area (Å²) < 4.78 is 15.5. The van der Waals surface area contributed by atoms with Crippen LogP contribution >= 0.6 is 0 Å². The molecule has 0 aliphatic carbocycles. The van der Waals surface area contributed by atoms with Crippen LogP contribution in [0, 0.1) is 0 Å². The molecule has 0 radical (unpaired) electrons. The van der Waals surface area contributed by atoms with Crippen LogP contribution in [0.25, 0.3) is 0 Å². The van der Waals surface area contributed by atoms with Gasteiger partial charge in [0.1, 0.15) is 30.3 Å². The van der Waals surface area contributed by atoms with E-state index in [2.05, 4.69) is 5.32 Å². The molecule has 30 heavy (non-hydrogen) atoms. The first-order valence-corrected chi connectivity index (χ1v) is 9.69. The Hall–Kier alpha value is -2.90. The lowest BCUT2D eigenvalue weighted by atomic mass is 10.1. The van der Waals surface area contributed by atoms with E-state index in [0.717, 1.165) is 5.56 Å². The minimum atomic E-state index is -1.28. The third-order valence-electron chi connectivity index (χ3n) is 3.43. The Morgan fingerprint density at radius 2 is 1.43 bits per heavy atom. The molecule has 0 aromatic heterocycles. The van der Waals surface area contributed by atoms with Gasteiger partial charge in [0, 0.05) is 0 Å². The molecule has 0 fully saturated rings. The second-order valence-corrected chi connectivity index (χ2v) is 8.78. The Morgan fingerprint density at radius 1 is 0.867 bits per heavy atom. The zero-order valence-electron chi connectivity index (χ0n) is 18.4. The van der Waals surface area contributed by atoms with Gasteiger partial charge in [-0.1, -0.05) is 30.3 Å². The Kier molecular flexibility index (Phi) is 9.01. The molecule has 0 aliphatic rings. The fourth-order valence-electron chi connectivity index (χ4n) is 2.30. The number of alkyl carbamates (subject to hydrolysis) is 1. The number of amides is 1. The maximum atomic E-state index is 12.6. The topological polar surface area (TPSA) is 108 Å². The number of hydrogen-bond donors (Lipinski definition) is 1. The standard InChI is InChI=1S/C22H31NO7/c1-21(2,3)29-19(26)13-17(24)16(23-20(27)30-22(4,5)6)12-18(25)28-14-15-10-8-7-9-11-15/h7-11,16H,12-14H2,1-6H3,(H,23,27)/t16-/m0/s1. The van der Waals surface area contributed by atoms with Crippen LogP contribution in [-0.2, 0) is 35.2 Å². The summed E-state index contributed by atoms with van der Waals surface area (Å²) >= 11 is 0. The molecule has 1 N–H and O–H groups in total. The number of esters is 2. The summed E-state index contributed by atoms with van der Waals surface area (Å²) in [5.41, 5.74) is -0.779. The lowest BCUT2D eigenvalue weighted by molar-refractivity contribution is -0.157. The van der Waals surface area contributed by atoms with E-state index in [1.807, 2.05) is 6.07 Å². The van der Waals surface area contributed by atoms with Crippen molar-refractivity contribution in [1.29, 1.82) is 0 Å². The van der Waals surface area contributed by atoms with Crippen molar-refractivity contribution >= 4 is 23.8 Å². The second kappa shape index (κ2) is 10.8. The SMILES string of the molecule is CC(C)(C)OC(=O)CC(=O)[C@H](CC(=O)OCc1ccccc1)NC(=O)OC(C)(C)C. The van der Waals surface area contributed by atoms with Gasteiger partial charge in [-0.2, -0.15) is 0 Å². The predicted octanol–water partition coefficient (Wildman–Crippen LogP) is 3.31. The molecule has 1 rings (SSSR count). The van der Waals surface area contributed by atoms with Gasteiger partial charge in [0.2, 0.25) is 0 Å². The van der Waals surface area contributed by atoms with Gasteiger partial charge in [-0.15, -0.1) is 0 Å². The van der Waals surface area contributed by atoms with Crippen molar-refractivity contribution in [2.24, 2.45) is 0 Å². The first kappa shape index (κ1) is 25.1. The van der Waals surface area contributed by atoms with E-state index in [-0.39, 0.29) is 6.61 Å². The average Bonchev–Trinajstić information content (AvgIpc) is 2.57. The third-order valence-corrected chi connectivity index (χ3v) is 3.43. The maximum absolute atomic E-state index is 12.6. The van der Waals surface area contributed by atoms with Crippen LogP contribution in [0.3, 0.4) is 0 Å². The molecule has 0 aliphatic heterocycles. The number of rotatable bonds is 8. The first-order valence-electron chi connectivity index (χ1n) is 9.69. The van der Waals surface area contributed by atoms with Crippen LogP contribution < -0.4 is 5.32 Å². The number of carbonyl (C=O) groups excluding carboxylic acids is 4. The Bertz CT molecular complexity index is 745. The van der Waals surface area contributed by atoms with E-state index >= 15 is 0 Å². The molecule has 0 heterocycles. The third kappa shape index (κ3) is 11.2. The minimum Gasteiger partial charge on any atom is -0.461 e. The van der Waals surface area contributed by atoms with Crippen LogP contribution in [0.4, 0.5) is 4.79 Å². The highest BCUT2D eigenvalue weighted by Crippen LogP contribution is 2.12. The first-order chi connectivity index (χ1) is 13.7. The van der Waals surface area contributed by atoms with Gasteiger partial charge in [0.05, 0.1) is 6.42 Å². The fraction of sp³-hybridized carbons (Fsp3) is 0.545. The molecule has 0 spiro atoms. The number of ketones is 1. The molecule has 1 aromatic rings. The average molecular weight is 421 g/mol. The molecule has 0 saturated heterocycles. The zero-order valence-corrected chi connectivity index (χ0v) is 18.4. The predicted molar refractivity (Wildman–Crippen MR) is 109 cm³/mol. The summed E-state index contributed by atoms with van der Waals surface area (Å²) in [6, 6.07) is 7.74. The van der Waals surface area contributed by atoms with E-state index in [4.69, 9.17) is 14.2 Å². The number of carbonyl (C=O) groups is 4. The van der Waals surface area contributed by atoms with Gasteiger partial charge < -0.3 is 19.5 Å². The summed E-state index contributed by atoms with van der Waals surface area (Å²) in [5, 5.41) is 2.35. The van der Waals surface area contributed by atoms with Gasteiger partial charge in [-0.3, -0.25) is 14.4 Å². The molecule has 1 aromatic carbocycles. The van der Waals surface area contributed by atoms with Gasteiger partial charge in [0.25, 0.3) is 0 Å². The van der Waals surface area contributed by atoms with E-state index in [9.17, 15) is 19.2 Å². The summed E-state index contributed by atoms with van der Waals surface area (Å²) in [4.78, 5) is 48.9. The van der Waals surface area contributed by atoms with E-state index in [1.54, 1.807) is 65.8 Å². The van der Waals surface area contributed by atoms with Crippen molar-refractivity contribution in [3.63, 3.8) is 0 Å². The Labute approximate surface area is 177 Å². The maximum Gasteiger partial charge on any atom is 0.408 e. The van der Waals surface area contributed by atoms with E-state index < -0.39 is 53.9 Å². The highest BCUT2D eigenvalue weighted by atomic mass is 16.6. The van der Waals surface area contributed by atoms with E-state index in [0.29, 0.717) is 0 Å². The lowest BCUT2D eigenvalue weighted by Crippen LogP contribution is -2.45. The van der Waals surface area contributed by atoms with Gasteiger partial charge in [0.15, 0.2) is 5.78 Å². The number of ether oxygens (including phenoxy) is 3. The molecule has 8 heteroatoms. The largest absolute Gasteiger partial charge is 0.461 e. The smallest absolute Gasteiger partial charge is 0.408 e. The molecule has 1 amide bonds. The molecule has 166 valence electrons. The van der Waals surface area contributed by atoms with Crippen molar-refractivity contribution < 1.29 is 33.4 Å². The number of nitrogens with one attached hydrogen (secondary N) is 1. The number of hydrogen-bond acceptors (Lipinski definition) is 7. The Morgan fingerprint density at radius 3 is 1.97 bits per heavy atom. The van der Waals surface area contributed by atoms with Gasteiger partial charge in [-0.05, 0) is 47.1 Å². The van der Waals surface area contributed by atoms with Crippen molar-refractivity contribution in [2.45, 2.75) is 78.2 Å². The molecule has 0 bridgehead atoms. The van der Waals surface area contributed by atoms with Crippen molar-refractivity contribution in [1.82, 2.24) is 5.32 Å². The second-order valence-electron chi connectivity index (χ2n) is 8.78. The van der Waals surface area contributed by atoms with Gasteiger partial charge >= 0.3 is 18.0 Å². The van der Waals surface area contributed by atoms with Crippen LogP contribution in [0.1, 0.15) is 59.9 Å².